The van der Waals surface area contributed by atoms with Crippen LogP contribution in [0, 0.1) is 0 Å². The van der Waals surface area contributed by atoms with Gasteiger partial charge >= 0.3 is 0 Å². The zero-order valence-electron chi connectivity index (χ0n) is 13.9. The average Bonchev–Trinajstić information content (AvgIpc) is 2.61. The van der Waals surface area contributed by atoms with Gasteiger partial charge in [-0.3, -0.25) is 0 Å². The number of fused-ring (bicyclic) bond motifs is 1. The number of methoxy groups -OCH3 is 2. The van der Waals surface area contributed by atoms with Crippen LogP contribution in [0.3, 0.4) is 0 Å². The minimum absolute atomic E-state index is 0.193. The second-order valence-corrected chi connectivity index (χ2v) is 7.81. The summed E-state index contributed by atoms with van der Waals surface area (Å²) in [5, 5.41) is 4.90. The number of nitrogens with one attached hydrogen (secondary N) is 1. The highest BCUT2D eigenvalue weighted by molar-refractivity contribution is 7.94. The Balaban J connectivity index is 2.08. The Hall–Kier alpha value is -2.18. The van der Waals surface area contributed by atoms with Gasteiger partial charge in [0.1, 0.15) is 0 Å². The molecule has 3 rings (SSSR count). The summed E-state index contributed by atoms with van der Waals surface area (Å²) in [5.74, 6) is 1.18. The molecule has 25 heavy (non-hydrogen) atoms. The molecule has 0 atom stereocenters. The van der Waals surface area contributed by atoms with E-state index in [1.54, 1.807) is 32.4 Å². The second-order valence-electron chi connectivity index (χ2n) is 5.57. The van der Waals surface area contributed by atoms with Crippen molar-refractivity contribution in [2.75, 3.05) is 20.8 Å². The normalized spacial score (nSPS) is 15.4. The Morgan fingerprint density at radius 2 is 1.72 bits per heavy atom. The molecule has 1 heterocycles. The number of hydrogen-bond donors (Lipinski definition) is 1. The Labute approximate surface area is 152 Å². The van der Waals surface area contributed by atoms with E-state index in [1.165, 1.54) is 17.5 Å². The Kier molecular flexibility index (Phi) is 4.92. The SMILES string of the molecule is COc1cc2c(cc1OC)C(=CS(=O)(=O)c1ccc(Cl)cc1)NCC2. The maximum absolute atomic E-state index is 12.7. The van der Waals surface area contributed by atoms with Crippen molar-refractivity contribution in [3.8, 4) is 11.5 Å². The van der Waals surface area contributed by atoms with Gasteiger partial charge in [0.05, 0.1) is 30.2 Å². The van der Waals surface area contributed by atoms with E-state index in [-0.39, 0.29) is 4.90 Å². The van der Waals surface area contributed by atoms with Crippen LogP contribution in [-0.2, 0) is 16.3 Å². The Morgan fingerprint density at radius 3 is 2.36 bits per heavy atom. The van der Waals surface area contributed by atoms with Crippen LogP contribution in [0.15, 0.2) is 46.7 Å². The van der Waals surface area contributed by atoms with E-state index in [9.17, 15) is 8.42 Å². The van der Waals surface area contributed by atoms with Crippen LogP contribution < -0.4 is 14.8 Å². The van der Waals surface area contributed by atoms with Crippen LogP contribution in [0.25, 0.3) is 5.70 Å². The van der Waals surface area contributed by atoms with Gasteiger partial charge in [-0.2, -0.15) is 0 Å². The van der Waals surface area contributed by atoms with E-state index in [0.29, 0.717) is 28.8 Å². The van der Waals surface area contributed by atoms with E-state index in [1.807, 2.05) is 6.07 Å². The molecule has 0 fully saturated rings. The molecule has 0 aliphatic carbocycles. The molecule has 0 spiro atoms. The first-order valence-electron chi connectivity index (χ1n) is 7.66. The lowest BCUT2D eigenvalue weighted by molar-refractivity contribution is 0.354. The van der Waals surface area contributed by atoms with E-state index in [2.05, 4.69) is 5.32 Å². The predicted octanol–water partition coefficient (Wildman–Crippen LogP) is 3.28. The molecule has 0 unspecified atom stereocenters. The molecule has 7 heteroatoms. The number of benzene rings is 2. The topological polar surface area (TPSA) is 64.6 Å². The standard InChI is InChI=1S/C18H18ClNO4S/c1-23-17-9-12-7-8-20-16(15(12)10-18(17)24-2)11-25(21,22)14-5-3-13(19)4-6-14/h3-6,9-11,20H,7-8H2,1-2H3. The van der Waals surface area contributed by atoms with Gasteiger partial charge in [-0.25, -0.2) is 8.42 Å². The summed E-state index contributed by atoms with van der Waals surface area (Å²) >= 11 is 5.83. The van der Waals surface area contributed by atoms with Gasteiger partial charge in [-0.15, -0.1) is 0 Å². The average molecular weight is 380 g/mol. The molecule has 0 saturated heterocycles. The minimum Gasteiger partial charge on any atom is -0.493 e. The number of halogens is 1. The van der Waals surface area contributed by atoms with Crippen molar-refractivity contribution in [3.63, 3.8) is 0 Å². The molecule has 2 aromatic carbocycles. The van der Waals surface area contributed by atoms with E-state index in [0.717, 1.165) is 17.5 Å². The molecule has 1 aliphatic heterocycles. The van der Waals surface area contributed by atoms with Crippen LogP contribution in [0.5, 0.6) is 11.5 Å². The summed E-state index contributed by atoms with van der Waals surface area (Å²) in [4.78, 5) is 0.193. The monoisotopic (exact) mass is 379 g/mol. The summed E-state index contributed by atoms with van der Waals surface area (Å²) in [5.41, 5.74) is 2.34. The lowest BCUT2D eigenvalue weighted by atomic mass is 9.98. The molecular formula is C18H18ClNO4S. The highest BCUT2D eigenvalue weighted by atomic mass is 35.5. The molecule has 0 aromatic heterocycles. The van der Waals surface area contributed by atoms with Crippen molar-refractivity contribution >= 4 is 27.1 Å². The van der Waals surface area contributed by atoms with Gasteiger partial charge in [-0.05, 0) is 48.4 Å². The van der Waals surface area contributed by atoms with Crippen molar-refractivity contribution in [2.24, 2.45) is 0 Å². The molecule has 5 nitrogen and oxygen atoms in total. The first-order valence-corrected chi connectivity index (χ1v) is 9.58. The fraction of sp³-hybridized carbons (Fsp3) is 0.222. The predicted molar refractivity (Wildman–Crippen MR) is 97.9 cm³/mol. The maximum atomic E-state index is 12.7. The van der Waals surface area contributed by atoms with Gasteiger partial charge in [0.25, 0.3) is 0 Å². The van der Waals surface area contributed by atoms with Gasteiger partial charge in [-0.1, -0.05) is 11.6 Å². The largest absolute Gasteiger partial charge is 0.493 e. The van der Waals surface area contributed by atoms with E-state index < -0.39 is 9.84 Å². The zero-order valence-corrected chi connectivity index (χ0v) is 15.4. The third-order valence-electron chi connectivity index (χ3n) is 4.02. The molecule has 0 amide bonds. The highest BCUT2D eigenvalue weighted by Crippen LogP contribution is 2.35. The summed E-state index contributed by atoms with van der Waals surface area (Å²) in [6, 6.07) is 9.79. The van der Waals surface area contributed by atoms with Gasteiger partial charge < -0.3 is 14.8 Å². The van der Waals surface area contributed by atoms with Crippen molar-refractivity contribution in [1.82, 2.24) is 5.32 Å². The molecule has 2 aromatic rings. The summed E-state index contributed by atoms with van der Waals surface area (Å²) in [6.07, 6.45) is 0.772. The number of hydrogen-bond acceptors (Lipinski definition) is 5. The van der Waals surface area contributed by atoms with Crippen molar-refractivity contribution < 1.29 is 17.9 Å². The molecular weight excluding hydrogens is 362 g/mol. The van der Waals surface area contributed by atoms with Crippen LogP contribution in [-0.4, -0.2) is 29.2 Å². The third kappa shape index (κ3) is 3.60. The van der Waals surface area contributed by atoms with Crippen molar-refractivity contribution in [3.05, 3.63) is 58.0 Å². The molecule has 0 bridgehead atoms. The third-order valence-corrected chi connectivity index (χ3v) is 5.75. The second kappa shape index (κ2) is 6.98. The fourth-order valence-corrected chi connectivity index (χ4v) is 4.06. The van der Waals surface area contributed by atoms with Gasteiger partial charge in [0.15, 0.2) is 11.5 Å². The lowest BCUT2D eigenvalue weighted by Gasteiger charge is -2.23. The number of sulfone groups is 1. The van der Waals surface area contributed by atoms with E-state index in [4.69, 9.17) is 21.1 Å². The van der Waals surface area contributed by atoms with Crippen LogP contribution >= 0.6 is 11.6 Å². The van der Waals surface area contributed by atoms with Gasteiger partial charge in [0, 0.05) is 17.1 Å². The molecule has 0 saturated carbocycles. The smallest absolute Gasteiger partial charge is 0.201 e. The lowest BCUT2D eigenvalue weighted by Crippen LogP contribution is -2.23. The zero-order chi connectivity index (χ0) is 18.0. The molecule has 0 radical (unpaired) electrons. The number of rotatable bonds is 4. The highest BCUT2D eigenvalue weighted by Gasteiger charge is 2.21. The molecule has 1 N–H and O–H groups in total. The molecule has 1 aliphatic rings. The van der Waals surface area contributed by atoms with Gasteiger partial charge in [0.2, 0.25) is 9.84 Å². The number of ether oxygens (including phenoxy) is 2. The Morgan fingerprint density at radius 1 is 1.08 bits per heavy atom. The maximum Gasteiger partial charge on any atom is 0.201 e. The van der Waals surface area contributed by atoms with Crippen LogP contribution in [0.1, 0.15) is 11.1 Å². The molecule has 132 valence electrons. The summed E-state index contributed by atoms with van der Waals surface area (Å²) in [6.45, 7) is 0.643. The van der Waals surface area contributed by atoms with Crippen molar-refractivity contribution in [1.29, 1.82) is 0 Å². The Bertz CT molecular complexity index is 921. The fourth-order valence-electron chi connectivity index (χ4n) is 2.76. The summed E-state index contributed by atoms with van der Waals surface area (Å²) in [7, 11) is -0.483. The van der Waals surface area contributed by atoms with Crippen LogP contribution in [0.4, 0.5) is 0 Å². The van der Waals surface area contributed by atoms with Crippen molar-refractivity contribution in [2.45, 2.75) is 11.3 Å². The first kappa shape index (κ1) is 17.6. The first-order chi connectivity index (χ1) is 11.9. The summed E-state index contributed by atoms with van der Waals surface area (Å²) < 4.78 is 36.0. The van der Waals surface area contributed by atoms with E-state index >= 15 is 0 Å². The van der Waals surface area contributed by atoms with Crippen LogP contribution in [0.2, 0.25) is 5.02 Å². The quantitative estimate of drug-likeness (QED) is 0.883. The minimum atomic E-state index is -3.61.